The summed E-state index contributed by atoms with van der Waals surface area (Å²) in [5.41, 5.74) is 0. The third kappa shape index (κ3) is 4.35. The minimum Gasteiger partial charge on any atom is -0.370 e. The van der Waals surface area contributed by atoms with E-state index >= 15 is 0 Å². The van der Waals surface area contributed by atoms with Gasteiger partial charge in [0.2, 0.25) is 0 Å². The maximum Gasteiger partial charge on any atom is 0.134 e. The van der Waals surface area contributed by atoms with Crippen LogP contribution in [0.4, 0.5) is 11.6 Å². The van der Waals surface area contributed by atoms with E-state index in [0.29, 0.717) is 5.92 Å². The largest absolute Gasteiger partial charge is 0.370 e. The monoisotopic (exact) mass is 263 g/mol. The van der Waals surface area contributed by atoms with Crippen molar-refractivity contribution in [1.29, 1.82) is 0 Å². The van der Waals surface area contributed by atoms with Gasteiger partial charge in [0.15, 0.2) is 0 Å². The Labute approximate surface area is 116 Å². The summed E-state index contributed by atoms with van der Waals surface area (Å²) >= 11 is 0. The maximum atomic E-state index is 4.39. The molecule has 1 N–H and O–H groups in total. The Hall–Kier alpha value is -1.36. The second-order valence-electron chi connectivity index (χ2n) is 5.66. The average Bonchev–Trinajstić information content (AvgIpc) is 2.39. The summed E-state index contributed by atoms with van der Waals surface area (Å²) in [5.74, 6) is 2.69. The molecule has 1 saturated heterocycles. The van der Waals surface area contributed by atoms with Crippen molar-refractivity contribution < 1.29 is 0 Å². The number of aromatic nitrogens is 2. The Kier molecular flexibility index (Phi) is 4.96. The number of nitrogens with one attached hydrogen (secondary N) is 1. The van der Waals surface area contributed by atoms with Gasteiger partial charge >= 0.3 is 0 Å². The van der Waals surface area contributed by atoms with E-state index in [4.69, 9.17) is 0 Å². The van der Waals surface area contributed by atoms with E-state index in [-0.39, 0.29) is 0 Å². The summed E-state index contributed by atoms with van der Waals surface area (Å²) in [4.78, 5) is 13.3. The molecule has 5 heteroatoms. The Morgan fingerprint density at radius 3 is 2.63 bits per heavy atom. The Balaban J connectivity index is 1.91. The second kappa shape index (κ2) is 6.70. The molecule has 106 valence electrons. The van der Waals surface area contributed by atoms with Crippen LogP contribution in [0.3, 0.4) is 0 Å². The van der Waals surface area contributed by atoms with Crippen molar-refractivity contribution in [1.82, 2.24) is 14.9 Å². The molecule has 1 aromatic heterocycles. The van der Waals surface area contributed by atoms with Gasteiger partial charge in [0.1, 0.15) is 18.0 Å². The zero-order valence-electron chi connectivity index (χ0n) is 12.3. The van der Waals surface area contributed by atoms with E-state index in [1.54, 1.807) is 6.33 Å². The van der Waals surface area contributed by atoms with Crippen LogP contribution >= 0.6 is 0 Å². The van der Waals surface area contributed by atoms with Crippen molar-refractivity contribution in [2.75, 3.05) is 50.0 Å². The molecule has 0 atom stereocenters. The predicted molar refractivity (Wildman–Crippen MR) is 79.7 cm³/mol. The van der Waals surface area contributed by atoms with Crippen LogP contribution in [0.2, 0.25) is 0 Å². The highest BCUT2D eigenvalue weighted by Gasteiger charge is 2.15. The zero-order valence-corrected chi connectivity index (χ0v) is 12.3. The molecule has 0 spiro atoms. The molecule has 19 heavy (non-hydrogen) atoms. The predicted octanol–water partition coefficient (Wildman–Crippen LogP) is 1.69. The van der Waals surface area contributed by atoms with Crippen LogP contribution in [0.25, 0.3) is 0 Å². The van der Waals surface area contributed by atoms with Crippen molar-refractivity contribution in [3.63, 3.8) is 0 Å². The Bertz CT molecular complexity index is 385. The van der Waals surface area contributed by atoms with Crippen molar-refractivity contribution in [2.45, 2.75) is 20.3 Å². The smallest absolute Gasteiger partial charge is 0.134 e. The van der Waals surface area contributed by atoms with E-state index in [1.807, 2.05) is 0 Å². The number of hydrogen-bond acceptors (Lipinski definition) is 5. The average molecular weight is 263 g/mol. The van der Waals surface area contributed by atoms with Crippen LogP contribution in [-0.2, 0) is 0 Å². The molecular weight excluding hydrogens is 238 g/mol. The van der Waals surface area contributed by atoms with Gasteiger partial charge in [-0.25, -0.2) is 9.97 Å². The zero-order chi connectivity index (χ0) is 13.7. The summed E-state index contributed by atoms with van der Waals surface area (Å²) < 4.78 is 0. The lowest BCUT2D eigenvalue weighted by Crippen LogP contribution is -2.44. The molecule has 1 fully saturated rings. The molecule has 0 aliphatic carbocycles. The minimum absolute atomic E-state index is 0.714. The number of rotatable bonds is 5. The van der Waals surface area contributed by atoms with Crippen LogP contribution < -0.4 is 10.2 Å². The van der Waals surface area contributed by atoms with Gasteiger partial charge in [0.05, 0.1) is 0 Å². The van der Waals surface area contributed by atoms with E-state index in [0.717, 1.165) is 50.8 Å². The Morgan fingerprint density at radius 2 is 1.95 bits per heavy atom. The summed E-state index contributed by atoms with van der Waals surface area (Å²) in [6, 6.07) is 2.06. The maximum absolute atomic E-state index is 4.39. The minimum atomic E-state index is 0.714. The molecule has 1 aromatic rings. The standard InChI is InChI=1S/C14H25N5/c1-12(2)4-5-15-13-10-14(17-11-16-13)19-8-6-18(3)7-9-19/h10-12H,4-9H2,1-3H3,(H,15,16,17). The lowest BCUT2D eigenvalue weighted by molar-refractivity contribution is 0.312. The lowest BCUT2D eigenvalue weighted by Gasteiger charge is -2.33. The fraction of sp³-hybridized carbons (Fsp3) is 0.714. The highest BCUT2D eigenvalue weighted by Crippen LogP contribution is 2.16. The summed E-state index contributed by atoms with van der Waals surface area (Å²) in [5, 5.41) is 3.38. The molecule has 0 saturated carbocycles. The molecule has 1 aliphatic heterocycles. The van der Waals surface area contributed by atoms with Crippen LogP contribution in [0.1, 0.15) is 20.3 Å². The van der Waals surface area contributed by atoms with Crippen LogP contribution in [-0.4, -0.2) is 54.6 Å². The first kappa shape index (κ1) is 14.1. The van der Waals surface area contributed by atoms with E-state index in [2.05, 4.69) is 52.0 Å². The summed E-state index contributed by atoms with van der Waals surface area (Å²) in [7, 11) is 2.16. The Morgan fingerprint density at radius 1 is 1.21 bits per heavy atom. The van der Waals surface area contributed by atoms with E-state index in [9.17, 15) is 0 Å². The molecule has 2 rings (SSSR count). The molecule has 0 aromatic carbocycles. The van der Waals surface area contributed by atoms with Crippen LogP contribution in [0.5, 0.6) is 0 Å². The number of piperazine rings is 1. The van der Waals surface area contributed by atoms with Crippen molar-refractivity contribution in [3.05, 3.63) is 12.4 Å². The van der Waals surface area contributed by atoms with Gasteiger partial charge in [-0.3, -0.25) is 0 Å². The molecule has 0 radical (unpaired) electrons. The van der Waals surface area contributed by atoms with Gasteiger partial charge in [0, 0.05) is 38.8 Å². The third-order valence-electron chi connectivity index (χ3n) is 3.51. The van der Waals surface area contributed by atoms with Crippen LogP contribution in [0.15, 0.2) is 12.4 Å². The van der Waals surface area contributed by atoms with Crippen LogP contribution in [0, 0.1) is 5.92 Å². The number of nitrogens with zero attached hydrogens (tertiary/aromatic N) is 4. The lowest BCUT2D eigenvalue weighted by atomic mass is 10.1. The third-order valence-corrected chi connectivity index (χ3v) is 3.51. The van der Waals surface area contributed by atoms with Gasteiger partial charge in [0.25, 0.3) is 0 Å². The van der Waals surface area contributed by atoms with Gasteiger partial charge < -0.3 is 15.1 Å². The van der Waals surface area contributed by atoms with Gasteiger partial charge in [-0.05, 0) is 19.4 Å². The van der Waals surface area contributed by atoms with Crippen molar-refractivity contribution in [3.8, 4) is 0 Å². The molecule has 1 aliphatic rings. The van der Waals surface area contributed by atoms with Gasteiger partial charge in [-0.1, -0.05) is 13.8 Å². The first-order valence-electron chi connectivity index (χ1n) is 7.14. The van der Waals surface area contributed by atoms with Crippen molar-refractivity contribution >= 4 is 11.6 Å². The second-order valence-corrected chi connectivity index (χ2v) is 5.66. The summed E-state index contributed by atoms with van der Waals surface area (Å²) in [6.45, 7) is 9.71. The molecule has 0 bridgehead atoms. The normalized spacial score (nSPS) is 16.9. The molecule has 5 nitrogen and oxygen atoms in total. The quantitative estimate of drug-likeness (QED) is 0.876. The first-order chi connectivity index (χ1) is 9.15. The number of likely N-dealkylation sites (N-methyl/N-ethyl adjacent to an activating group) is 1. The highest BCUT2D eigenvalue weighted by atomic mass is 15.3. The van der Waals surface area contributed by atoms with Gasteiger partial charge in [-0.2, -0.15) is 0 Å². The highest BCUT2D eigenvalue weighted by molar-refractivity contribution is 5.48. The summed E-state index contributed by atoms with van der Waals surface area (Å²) in [6.07, 6.45) is 2.82. The fourth-order valence-corrected chi connectivity index (χ4v) is 2.14. The first-order valence-corrected chi connectivity index (χ1v) is 7.14. The molecular formula is C14H25N5. The number of anilines is 2. The van der Waals surface area contributed by atoms with E-state index < -0.39 is 0 Å². The molecule has 0 unspecified atom stereocenters. The fourth-order valence-electron chi connectivity index (χ4n) is 2.14. The number of hydrogen-bond donors (Lipinski definition) is 1. The van der Waals surface area contributed by atoms with E-state index in [1.165, 1.54) is 0 Å². The molecule has 0 amide bonds. The van der Waals surface area contributed by atoms with Crippen molar-refractivity contribution in [2.24, 2.45) is 5.92 Å². The SMILES string of the molecule is CC(C)CCNc1cc(N2CCN(C)CC2)ncn1. The topological polar surface area (TPSA) is 44.3 Å². The molecule has 2 heterocycles. The van der Waals surface area contributed by atoms with Gasteiger partial charge in [-0.15, -0.1) is 0 Å².